The number of carbonyl (C=O) groups is 1. The zero-order chi connectivity index (χ0) is 22.1. The molecule has 0 spiro atoms. The third kappa shape index (κ3) is 3.87. The molecule has 7 nitrogen and oxygen atoms in total. The van der Waals surface area contributed by atoms with Gasteiger partial charge in [-0.25, -0.2) is 9.97 Å². The van der Waals surface area contributed by atoms with Crippen LogP contribution in [0.5, 0.6) is 0 Å². The minimum atomic E-state index is -0.847. The molecule has 0 aliphatic carbocycles. The summed E-state index contributed by atoms with van der Waals surface area (Å²) < 4.78 is 0.832. The van der Waals surface area contributed by atoms with Crippen LogP contribution in [0, 0.1) is 0 Å². The molecular formula is C24H22BrN5O2. The maximum Gasteiger partial charge on any atom is 0.325 e. The molecule has 5 rings (SSSR count). The zero-order valence-corrected chi connectivity index (χ0v) is 18.9. The van der Waals surface area contributed by atoms with Crippen molar-refractivity contribution < 1.29 is 9.90 Å². The summed E-state index contributed by atoms with van der Waals surface area (Å²) in [7, 11) is 0. The summed E-state index contributed by atoms with van der Waals surface area (Å²) in [6.45, 7) is 2.52. The molecule has 1 saturated heterocycles. The average molecular weight is 492 g/mol. The van der Waals surface area contributed by atoms with Crippen molar-refractivity contribution in [2.24, 2.45) is 0 Å². The Balaban J connectivity index is 1.50. The monoisotopic (exact) mass is 491 g/mol. The van der Waals surface area contributed by atoms with Crippen LogP contribution < -0.4 is 4.90 Å². The first-order valence-corrected chi connectivity index (χ1v) is 11.3. The summed E-state index contributed by atoms with van der Waals surface area (Å²) in [5.74, 6) is -0.183. The topological polar surface area (TPSA) is 85.4 Å². The van der Waals surface area contributed by atoms with Crippen LogP contribution in [0.3, 0.4) is 0 Å². The van der Waals surface area contributed by atoms with E-state index in [0.717, 1.165) is 32.2 Å². The number of benzene rings is 2. The van der Waals surface area contributed by atoms with Crippen molar-refractivity contribution in [3.05, 3.63) is 77.0 Å². The van der Waals surface area contributed by atoms with E-state index in [4.69, 9.17) is 0 Å². The Morgan fingerprint density at radius 2 is 1.62 bits per heavy atom. The van der Waals surface area contributed by atoms with E-state index >= 15 is 0 Å². The minimum absolute atomic E-state index is 0.601. The van der Waals surface area contributed by atoms with Gasteiger partial charge in [-0.15, -0.1) is 0 Å². The van der Waals surface area contributed by atoms with E-state index in [9.17, 15) is 9.90 Å². The summed E-state index contributed by atoms with van der Waals surface area (Å²) in [5.41, 5.74) is 3.59. The molecule has 8 heteroatoms. The summed E-state index contributed by atoms with van der Waals surface area (Å²) in [5, 5.41) is 11.3. The highest BCUT2D eigenvalue weighted by molar-refractivity contribution is 9.10. The number of nitrogens with zero attached hydrogens (tertiary/aromatic N) is 4. The molecule has 32 heavy (non-hydrogen) atoms. The van der Waals surface area contributed by atoms with Crippen LogP contribution in [0.4, 0.5) is 5.95 Å². The normalized spacial score (nSPS) is 15.7. The van der Waals surface area contributed by atoms with Crippen molar-refractivity contribution in [1.29, 1.82) is 0 Å². The molecule has 2 aromatic carbocycles. The van der Waals surface area contributed by atoms with E-state index in [1.807, 2.05) is 59.5 Å². The largest absolute Gasteiger partial charge is 0.480 e. The molecule has 4 aromatic rings. The van der Waals surface area contributed by atoms with Gasteiger partial charge in [0, 0.05) is 55.0 Å². The third-order valence-corrected chi connectivity index (χ3v) is 6.29. The van der Waals surface area contributed by atoms with Gasteiger partial charge in [-0.2, -0.15) is 0 Å². The number of fused-ring (bicyclic) bond motifs is 1. The molecule has 2 aromatic heterocycles. The maximum absolute atomic E-state index is 12.6. The molecule has 1 fully saturated rings. The van der Waals surface area contributed by atoms with Gasteiger partial charge in [0.05, 0.1) is 10.2 Å². The molecular weight excluding hydrogens is 470 g/mol. The van der Waals surface area contributed by atoms with Gasteiger partial charge >= 0.3 is 5.97 Å². The van der Waals surface area contributed by atoms with Crippen molar-refractivity contribution >= 4 is 38.8 Å². The average Bonchev–Trinajstić information content (AvgIpc) is 3.20. The number of aliphatic carboxylic acids is 1. The fraction of sp³-hybridized carbons (Fsp3) is 0.208. The van der Waals surface area contributed by atoms with Crippen LogP contribution in [-0.2, 0) is 4.79 Å². The van der Waals surface area contributed by atoms with Gasteiger partial charge in [-0.1, -0.05) is 48.5 Å². The van der Waals surface area contributed by atoms with Crippen molar-refractivity contribution in [3.8, 4) is 11.3 Å². The first-order valence-electron chi connectivity index (χ1n) is 10.5. The summed E-state index contributed by atoms with van der Waals surface area (Å²) in [4.78, 5) is 29.0. The number of aromatic amines is 1. The Morgan fingerprint density at radius 3 is 2.31 bits per heavy atom. The maximum atomic E-state index is 12.6. The number of piperazine rings is 1. The van der Waals surface area contributed by atoms with E-state index in [1.165, 1.54) is 0 Å². The van der Waals surface area contributed by atoms with Crippen LogP contribution in [0.2, 0.25) is 0 Å². The number of aromatic nitrogens is 3. The number of anilines is 1. The first-order chi connectivity index (χ1) is 15.6. The highest BCUT2D eigenvalue weighted by Gasteiger charge is 2.34. The van der Waals surface area contributed by atoms with Crippen molar-refractivity contribution in [3.63, 3.8) is 0 Å². The van der Waals surface area contributed by atoms with Gasteiger partial charge in [0.15, 0.2) is 0 Å². The number of hydrogen-bond donors (Lipinski definition) is 2. The van der Waals surface area contributed by atoms with Crippen LogP contribution >= 0.6 is 15.9 Å². The van der Waals surface area contributed by atoms with Gasteiger partial charge in [0.2, 0.25) is 5.95 Å². The van der Waals surface area contributed by atoms with E-state index in [-0.39, 0.29) is 0 Å². The molecule has 0 bridgehead atoms. The second-order valence-electron chi connectivity index (χ2n) is 7.79. The van der Waals surface area contributed by atoms with Gasteiger partial charge in [0.1, 0.15) is 6.04 Å². The lowest BCUT2D eigenvalue weighted by atomic mass is 9.97. The molecule has 0 unspecified atom stereocenters. The van der Waals surface area contributed by atoms with Crippen LogP contribution in [-0.4, -0.2) is 57.1 Å². The van der Waals surface area contributed by atoms with Crippen LogP contribution in [0.25, 0.3) is 22.2 Å². The molecule has 3 heterocycles. The molecule has 0 radical (unpaired) electrons. The summed E-state index contributed by atoms with van der Waals surface area (Å²) >= 11 is 3.36. The minimum Gasteiger partial charge on any atom is -0.480 e. The number of carboxylic acid groups (broad SMARTS) is 1. The summed E-state index contributed by atoms with van der Waals surface area (Å²) in [6.07, 6.45) is 3.46. The lowest BCUT2D eigenvalue weighted by molar-refractivity contribution is -0.143. The molecule has 1 aliphatic heterocycles. The number of nitrogens with one attached hydrogen (secondary N) is 1. The predicted molar refractivity (Wildman–Crippen MR) is 128 cm³/mol. The Bertz CT molecular complexity index is 1230. The zero-order valence-electron chi connectivity index (χ0n) is 17.3. The highest BCUT2D eigenvalue weighted by Crippen LogP contribution is 2.38. The van der Waals surface area contributed by atoms with E-state index in [1.54, 1.807) is 12.4 Å². The highest BCUT2D eigenvalue weighted by atomic mass is 79.9. The first kappa shape index (κ1) is 20.7. The predicted octanol–water partition coefficient (Wildman–Crippen LogP) is 4.34. The Hall–Kier alpha value is -3.23. The van der Waals surface area contributed by atoms with Crippen LogP contribution in [0.1, 0.15) is 11.6 Å². The lowest BCUT2D eigenvalue weighted by Crippen LogP contribution is -2.49. The number of carboxylic acids is 1. The molecule has 0 amide bonds. The fourth-order valence-electron chi connectivity index (χ4n) is 4.39. The number of para-hydroxylation sites is 1. The summed E-state index contributed by atoms with van der Waals surface area (Å²) in [6, 6.07) is 17.1. The number of halogens is 1. The second kappa shape index (κ2) is 8.72. The molecule has 1 atom stereocenters. The van der Waals surface area contributed by atoms with Gasteiger partial charge in [0.25, 0.3) is 0 Å². The SMILES string of the molecule is O=C(O)[C@@H](c1c(-c2ccccc2)[nH]c2ccccc12)N1CCN(c2ncc(Br)cn2)CC1. The fourth-order valence-corrected chi connectivity index (χ4v) is 4.60. The number of rotatable bonds is 5. The standard InChI is InChI=1S/C24H22BrN5O2/c25-17-14-26-24(27-15-17)30-12-10-29(11-13-30)22(23(31)32)20-18-8-4-5-9-19(18)28-21(20)16-6-2-1-3-7-16/h1-9,14-15,22,28H,10-13H2,(H,31,32)/t22-/m1/s1. The van der Waals surface area contributed by atoms with Crippen molar-refractivity contribution in [2.45, 2.75) is 6.04 Å². The Kier molecular flexibility index (Phi) is 5.63. The smallest absolute Gasteiger partial charge is 0.325 e. The van der Waals surface area contributed by atoms with E-state index < -0.39 is 12.0 Å². The Morgan fingerprint density at radius 1 is 0.969 bits per heavy atom. The van der Waals surface area contributed by atoms with Gasteiger partial charge in [-0.3, -0.25) is 9.69 Å². The Labute approximate surface area is 193 Å². The molecule has 1 aliphatic rings. The van der Waals surface area contributed by atoms with Crippen molar-refractivity contribution in [2.75, 3.05) is 31.1 Å². The quantitative estimate of drug-likeness (QED) is 0.432. The molecule has 0 saturated carbocycles. The van der Waals surface area contributed by atoms with E-state index in [0.29, 0.717) is 32.1 Å². The molecule has 2 N–H and O–H groups in total. The third-order valence-electron chi connectivity index (χ3n) is 5.89. The van der Waals surface area contributed by atoms with Gasteiger partial charge < -0.3 is 15.0 Å². The van der Waals surface area contributed by atoms with Gasteiger partial charge in [-0.05, 0) is 27.6 Å². The molecule has 162 valence electrons. The lowest BCUT2D eigenvalue weighted by Gasteiger charge is -2.38. The van der Waals surface area contributed by atoms with Crippen LogP contribution in [0.15, 0.2) is 71.5 Å². The number of hydrogen-bond acceptors (Lipinski definition) is 5. The van der Waals surface area contributed by atoms with E-state index in [2.05, 4.69) is 35.8 Å². The number of H-pyrrole nitrogens is 1. The van der Waals surface area contributed by atoms with Crippen molar-refractivity contribution in [1.82, 2.24) is 19.9 Å². The second-order valence-corrected chi connectivity index (χ2v) is 8.71.